The molecule has 0 aromatic carbocycles. The molecule has 0 bridgehead atoms. The van der Waals surface area contributed by atoms with E-state index in [9.17, 15) is 4.79 Å². The number of hydrogen-bond acceptors (Lipinski definition) is 4. The van der Waals surface area contributed by atoms with E-state index in [2.05, 4.69) is 33.0 Å². The smallest absolute Gasteiger partial charge is 0.225 e. The predicted molar refractivity (Wildman–Crippen MR) is 121 cm³/mol. The van der Waals surface area contributed by atoms with Crippen LogP contribution in [0.15, 0.2) is 45.3 Å². The molecule has 1 saturated carbocycles. The topological polar surface area (TPSA) is 69.9 Å². The second kappa shape index (κ2) is 10.7. The summed E-state index contributed by atoms with van der Waals surface area (Å²) in [5.74, 6) is 2.42. The van der Waals surface area contributed by atoms with E-state index in [1.165, 1.54) is 17.7 Å². The summed E-state index contributed by atoms with van der Waals surface area (Å²) in [6.45, 7) is 3.13. The highest BCUT2D eigenvalue weighted by Gasteiger charge is 2.32. The molecule has 30 heavy (non-hydrogen) atoms. The summed E-state index contributed by atoms with van der Waals surface area (Å²) in [6, 6.07) is 8.40. The maximum Gasteiger partial charge on any atom is 0.225 e. The third-order valence-electron chi connectivity index (χ3n) is 6.00. The lowest BCUT2D eigenvalue weighted by atomic mass is 10.1. The van der Waals surface area contributed by atoms with E-state index in [0.717, 1.165) is 70.0 Å². The van der Waals surface area contributed by atoms with Crippen LogP contribution in [0.25, 0.3) is 0 Å². The Hall–Kier alpha value is -2.28. The number of nitrogens with zero attached hydrogens (tertiary/aromatic N) is 2. The lowest BCUT2D eigenvalue weighted by molar-refractivity contribution is -0.134. The summed E-state index contributed by atoms with van der Waals surface area (Å²) < 4.78 is 5.42. The van der Waals surface area contributed by atoms with E-state index in [1.54, 1.807) is 17.6 Å². The fourth-order valence-corrected chi connectivity index (χ4v) is 5.05. The van der Waals surface area contributed by atoms with Crippen LogP contribution in [0.5, 0.6) is 0 Å². The van der Waals surface area contributed by atoms with E-state index in [0.29, 0.717) is 5.91 Å². The third-order valence-corrected chi connectivity index (χ3v) is 6.93. The Labute approximate surface area is 182 Å². The first-order chi connectivity index (χ1) is 14.8. The highest BCUT2D eigenvalue weighted by Crippen LogP contribution is 2.27. The minimum absolute atomic E-state index is 0.256. The SMILES string of the molecule is O=C(C1CCCC1)N1CCC(NC(=NCCc2cccs2)NCCc2ccco2)C1. The average molecular weight is 429 g/mol. The minimum atomic E-state index is 0.256. The van der Waals surface area contributed by atoms with Gasteiger partial charge in [-0.05, 0) is 42.8 Å². The van der Waals surface area contributed by atoms with Gasteiger partial charge in [-0.15, -0.1) is 11.3 Å². The first-order valence-electron chi connectivity index (χ1n) is 11.2. The molecule has 6 nitrogen and oxygen atoms in total. The van der Waals surface area contributed by atoms with Gasteiger partial charge in [0, 0.05) is 55.9 Å². The van der Waals surface area contributed by atoms with Crippen molar-refractivity contribution in [3.05, 3.63) is 46.5 Å². The Bertz CT molecular complexity index is 797. The molecule has 7 heteroatoms. The van der Waals surface area contributed by atoms with Crippen molar-refractivity contribution in [2.75, 3.05) is 26.2 Å². The first kappa shape index (κ1) is 21.0. The van der Waals surface area contributed by atoms with Gasteiger partial charge < -0.3 is 20.0 Å². The Morgan fingerprint density at radius 1 is 1.20 bits per heavy atom. The number of carbonyl (C=O) groups is 1. The van der Waals surface area contributed by atoms with E-state index >= 15 is 0 Å². The highest BCUT2D eigenvalue weighted by atomic mass is 32.1. The maximum atomic E-state index is 12.7. The molecular weight excluding hydrogens is 396 g/mol. The Morgan fingerprint density at radius 2 is 2.10 bits per heavy atom. The largest absolute Gasteiger partial charge is 0.469 e. The molecule has 162 valence electrons. The van der Waals surface area contributed by atoms with Gasteiger partial charge in [-0.25, -0.2) is 0 Å². The molecule has 1 saturated heterocycles. The molecule has 2 aliphatic rings. The molecule has 1 amide bonds. The number of thiophene rings is 1. The maximum absolute atomic E-state index is 12.7. The Balaban J connectivity index is 1.29. The molecule has 3 heterocycles. The van der Waals surface area contributed by atoms with E-state index in [1.807, 2.05) is 12.1 Å². The molecule has 2 N–H and O–H groups in total. The van der Waals surface area contributed by atoms with Crippen LogP contribution < -0.4 is 10.6 Å². The average Bonchev–Trinajstić information content (AvgIpc) is 3.56. The van der Waals surface area contributed by atoms with Crippen molar-refractivity contribution < 1.29 is 9.21 Å². The van der Waals surface area contributed by atoms with Crippen molar-refractivity contribution in [1.29, 1.82) is 0 Å². The summed E-state index contributed by atoms with van der Waals surface area (Å²) >= 11 is 1.77. The molecule has 0 radical (unpaired) electrons. The quantitative estimate of drug-likeness (QED) is 0.499. The normalized spacial score (nSPS) is 20.1. The van der Waals surface area contributed by atoms with Crippen LogP contribution in [0.4, 0.5) is 0 Å². The van der Waals surface area contributed by atoms with Gasteiger partial charge in [0.05, 0.1) is 6.26 Å². The van der Waals surface area contributed by atoms with Crippen molar-refractivity contribution in [2.24, 2.45) is 10.9 Å². The van der Waals surface area contributed by atoms with Crippen molar-refractivity contribution in [1.82, 2.24) is 15.5 Å². The van der Waals surface area contributed by atoms with Gasteiger partial charge in [0.25, 0.3) is 0 Å². The number of nitrogens with one attached hydrogen (secondary N) is 2. The van der Waals surface area contributed by atoms with Gasteiger partial charge in [0.2, 0.25) is 5.91 Å². The molecule has 2 aromatic rings. The van der Waals surface area contributed by atoms with E-state index in [4.69, 9.17) is 9.41 Å². The monoisotopic (exact) mass is 428 g/mol. The molecule has 4 rings (SSSR count). The van der Waals surface area contributed by atoms with Gasteiger partial charge in [-0.1, -0.05) is 18.9 Å². The molecular formula is C23H32N4O2S. The van der Waals surface area contributed by atoms with Crippen LogP contribution in [0.3, 0.4) is 0 Å². The van der Waals surface area contributed by atoms with Crippen molar-refractivity contribution in [2.45, 2.75) is 51.0 Å². The second-order valence-corrected chi connectivity index (χ2v) is 9.24. The van der Waals surface area contributed by atoms with Crippen LogP contribution in [-0.2, 0) is 17.6 Å². The number of hydrogen-bond donors (Lipinski definition) is 2. The number of likely N-dealkylation sites (tertiary alicyclic amines) is 1. The molecule has 1 aliphatic carbocycles. The van der Waals surface area contributed by atoms with Crippen LogP contribution in [-0.4, -0.2) is 49.0 Å². The second-order valence-electron chi connectivity index (χ2n) is 8.21. The summed E-state index contributed by atoms with van der Waals surface area (Å²) in [5.41, 5.74) is 0. The highest BCUT2D eigenvalue weighted by molar-refractivity contribution is 7.09. The molecule has 2 fully saturated rings. The number of aliphatic imine (C=N–C) groups is 1. The molecule has 0 spiro atoms. The van der Waals surface area contributed by atoms with E-state index in [-0.39, 0.29) is 12.0 Å². The van der Waals surface area contributed by atoms with E-state index < -0.39 is 0 Å². The summed E-state index contributed by atoms with van der Waals surface area (Å²) in [7, 11) is 0. The minimum Gasteiger partial charge on any atom is -0.469 e. The van der Waals surface area contributed by atoms with Gasteiger partial charge in [0.15, 0.2) is 5.96 Å². The zero-order chi connectivity index (χ0) is 20.6. The van der Waals surface area contributed by atoms with Crippen LogP contribution in [0, 0.1) is 5.92 Å². The van der Waals surface area contributed by atoms with Gasteiger partial charge >= 0.3 is 0 Å². The number of rotatable bonds is 8. The van der Waals surface area contributed by atoms with Crippen LogP contribution >= 0.6 is 11.3 Å². The predicted octanol–water partition coefficient (Wildman–Crippen LogP) is 3.45. The summed E-state index contributed by atoms with van der Waals surface area (Å²) in [5, 5.41) is 9.12. The third kappa shape index (κ3) is 5.88. The van der Waals surface area contributed by atoms with Crippen molar-refractivity contribution in [3.63, 3.8) is 0 Å². The molecule has 1 aliphatic heterocycles. The first-order valence-corrected chi connectivity index (χ1v) is 12.0. The standard InChI is InChI=1S/C23H32N4O2S/c28-22(18-5-1-2-6-18)27-14-11-19(17-27)26-23(24-12-9-20-7-3-15-29-20)25-13-10-21-8-4-16-30-21/h3-4,7-8,15-16,18-19H,1-2,5-6,9-14,17H2,(H2,24,25,26). The number of amides is 1. The summed E-state index contributed by atoms with van der Waals surface area (Å²) in [4.78, 5) is 20.9. The summed E-state index contributed by atoms with van der Waals surface area (Å²) in [6.07, 6.45) is 8.98. The Kier molecular flexibility index (Phi) is 7.45. The van der Waals surface area contributed by atoms with Gasteiger partial charge in [0.1, 0.15) is 5.76 Å². The molecule has 1 unspecified atom stereocenters. The van der Waals surface area contributed by atoms with Crippen LogP contribution in [0.1, 0.15) is 42.7 Å². The van der Waals surface area contributed by atoms with Crippen molar-refractivity contribution >= 4 is 23.2 Å². The zero-order valence-electron chi connectivity index (χ0n) is 17.5. The van der Waals surface area contributed by atoms with Crippen molar-refractivity contribution in [3.8, 4) is 0 Å². The lowest BCUT2D eigenvalue weighted by Gasteiger charge is -2.21. The number of guanidine groups is 1. The fraction of sp³-hybridized carbons (Fsp3) is 0.565. The molecule has 1 atom stereocenters. The van der Waals surface area contributed by atoms with Gasteiger partial charge in [-0.3, -0.25) is 9.79 Å². The zero-order valence-corrected chi connectivity index (χ0v) is 18.3. The lowest BCUT2D eigenvalue weighted by Crippen LogP contribution is -2.46. The Morgan fingerprint density at radius 3 is 2.87 bits per heavy atom. The fourth-order valence-electron chi connectivity index (χ4n) is 4.35. The van der Waals surface area contributed by atoms with Gasteiger partial charge in [-0.2, -0.15) is 0 Å². The van der Waals surface area contributed by atoms with Crippen LogP contribution in [0.2, 0.25) is 0 Å². The number of carbonyl (C=O) groups excluding carboxylic acids is 1. The molecule has 2 aromatic heterocycles. The number of furan rings is 1.